The molecule has 3 atom stereocenters. The molecule has 0 aliphatic carbocycles. The molecule has 0 aromatic carbocycles. The Morgan fingerprint density at radius 2 is 0.953 bits per heavy atom. The Kier molecular flexibility index (Phi) is 42.9. The number of nitrogens with one attached hydrogen (secondary N) is 1. The average molecular weight is 909 g/mol. The van der Waals surface area contributed by atoms with Crippen LogP contribution in [-0.2, 0) is 18.4 Å². The zero-order valence-electron chi connectivity index (χ0n) is 41.2. The van der Waals surface area contributed by atoms with Crippen molar-refractivity contribution >= 4 is 13.7 Å². The van der Waals surface area contributed by atoms with Crippen LogP contribution in [-0.4, -0.2) is 68.5 Å². The van der Waals surface area contributed by atoms with Gasteiger partial charge in [-0.15, -0.1) is 0 Å². The molecule has 0 bridgehead atoms. The van der Waals surface area contributed by atoms with Gasteiger partial charge in [-0.1, -0.05) is 193 Å². The summed E-state index contributed by atoms with van der Waals surface area (Å²) in [6.45, 7) is 4.46. The van der Waals surface area contributed by atoms with Crippen LogP contribution in [0.25, 0.3) is 0 Å². The van der Waals surface area contributed by atoms with Crippen molar-refractivity contribution in [3.05, 3.63) is 122 Å². The van der Waals surface area contributed by atoms with E-state index in [9.17, 15) is 19.4 Å². The van der Waals surface area contributed by atoms with E-state index in [1.54, 1.807) is 6.08 Å². The molecular weight excluding hydrogens is 816 g/mol. The van der Waals surface area contributed by atoms with Gasteiger partial charge in [0.25, 0.3) is 7.82 Å². The van der Waals surface area contributed by atoms with Crippen molar-refractivity contribution in [1.82, 2.24) is 5.32 Å². The Morgan fingerprint density at radius 3 is 1.39 bits per heavy atom. The predicted octanol–water partition coefficient (Wildman–Crippen LogP) is 14.0. The summed E-state index contributed by atoms with van der Waals surface area (Å²) in [7, 11) is 1.21. The van der Waals surface area contributed by atoms with Gasteiger partial charge >= 0.3 is 0 Å². The molecule has 2 N–H and O–H groups in total. The molecule has 0 spiro atoms. The summed E-state index contributed by atoms with van der Waals surface area (Å²) in [5.41, 5.74) is 0. The highest BCUT2D eigenvalue weighted by Crippen LogP contribution is 2.38. The van der Waals surface area contributed by atoms with Crippen LogP contribution in [0.5, 0.6) is 0 Å². The predicted molar refractivity (Wildman–Crippen MR) is 274 cm³/mol. The van der Waals surface area contributed by atoms with Gasteiger partial charge in [0, 0.05) is 6.42 Å². The van der Waals surface area contributed by atoms with E-state index in [0.717, 1.165) is 96.3 Å². The lowest BCUT2D eigenvalue weighted by atomic mass is 10.1. The second-order valence-corrected chi connectivity index (χ2v) is 18.8. The van der Waals surface area contributed by atoms with Gasteiger partial charge in [-0.25, -0.2) is 0 Å². The number of phosphoric acid groups is 1. The second kappa shape index (κ2) is 45.1. The standard InChI is InChI=1S/C55H93N2O6P/c1-6-8-10-12-14-16-18-19-20-21-22-23-24-25-26-27-28-29-30-31-32-33-34-35-36-37-39-41-43-45-47-49-55(59)56-53(52-63-64(60,61)62-51-50-57(3,4)5)54(58)48-46-44-42-40-38-17-15-13-11-9-7-2/h8,10,14,16,19-20,22-23,25-26,28-29,31-32,34-35,37,39,46,48,53-54,58H,6-7,9,11-13,15,17-18,21,24,27,30,33,36,38,40-45,47,49-52H2,1-5H3,(H-,56,59,60,61)/b10-8-,16-14-,20-19-,23-22-,26-25-,29-28-,32-31-,35-34-,39-37-,48-46+. The van der Waals surface area contributed by atoms with Gasteiger partial charge in [-0.2, -0.15) is 0 Å². The normalized spacial score (nSPS) is 15.2. The van der Waals surface area contributed by atoms with Gasteiger partial charge in [0.15, 0.2) is 0 Å². The number of carbonyl (C=O) groups is 1. The number of hydrogen-bond acceptors (Lipinski definition) is 6. The van der Waals surface area contributed by atoms with Crippen LogP contribution in [0.2, 0.25) is 0 Å². The summed E-state index contributed by atoms with van der Waals surface area (Å²) < 4.78 is 23.2. The van der Waals surface area contributed by atoms with Crippen LogP contribution >= 0.6 is 7.82 Å². The molecule has 0 aromatic heterocycles. The molecular formula is C55H93N2O6P. The van der Waals surface area contributed by atoms with Gasteiger partial charge < -0.3 is 28.8 Å². The number of likely N-dealkylation sites (N-methyl/N-ethyl adjacent to an activating group) is 1. The van der Waals surface area contributed by atoms with Crippen molar-refractivity contribution in [2.24, 2.45) is 0 Å². The second-order valence-electron chi connectivity index (χ2n) is 17.4. The minimum atomic E-state index is -4.61. The molecule has 0 saturated heterocycles. The highest BCUT2D eigenvalue weighted by Gasteiger charge is 2.23. The van der Waals surface area contributed by atoms with E-state index >= 15 is 0 Å². The van der Waals surface area contributed by atoms with Crippen molar-refractivity contribution in [3.63, 3.8) is 0 Å². The Morgan fingerprint density at radius 1 is 0.562 bits per heavy atom. The first-order chi connectivity index (χ1) is 31.0. The number of phosphoric ester groups is 1. The van der Waals surface area contributed by atoms with Crippen LogP contribution in [0.15, 0.2) is 122 Å². The van der Waals surface area contributed by atoms with Crippen LogP contribution in [0.1, 0.15) is 168 Å². The number of unbranched alkanes of at least 4 members (excludes halogenated alkanes) is 12. The molecule has 0 rings (SSSR count). The zero-order valence-corrected chi connectivity index (χ0v) is 42.1. The van der Waals surface area contributed by atoms with Crippen molar-refractivity contribution < 1.29 is 32.9 Å². The van der Waals surface area contributed by atoms with Crippen molar-refractivity contribution in [1.29, 1.82) is 0 Å². The SMILES string of the molecule is CC/C=C\C/C=C\C/C=C\C/C=C\C/C=C\C/C=C\C/C=C\C/C=C\C/C=C\CCCCCC(=O)NC(COP(=O)([O-])OCC[N+](C)(C)C)C(O)/C=C/CCCCCCCCCCC. The van der Waals surface area contributed by atoms with E-state index in [2.05, 4.69) is 129 Å². The molecule has 0 aliphatic rings. The molecule has 0 fully saturated rings. The Labute approximate surface area is 393 Å². The third kappa shape index (κ3) is 46.9. The summed E-state index contributed by atoms with van der Waals surface area (Å²) in [5, 5.41) is 13.7. The van der Waals surface area contributed by atoms with Gasteiger partial charge in [-0.05, 0) is 89.9 Å². The number of aliphatic hydroxyl groups excluding tert-OH is 1. The monoisotopic (exact) mass is 909 g/mol. The molecule has 0 radical (unpaired) electrons. The fraction of sp³-hybridized carbons (Fsp3) is 0.618. The first kappa shape index (κ1) is 60.9. The van der Waals surface area contributed by atoms with Crippen LogP contribution in [0, 0.1) is 0 Å². The molecule has 9 heteroatoms. The first-order valence-corrected chi connectivity index (χ1v) is 26.4. The summed E-state index contributed by atoms with van der Waals surface area (Å²) in [6, 6.07) is -0.912. The highest BCUT2D eigenvalue weighted by atomic mass is 31.2. The van der Waals surface area contributed by atoms with Crippen molar-refractivity contribution in [2.45, 2.75) is 180 Å². The number of aliphatic hydroxyl groups is 1. The summed E-state index contributed by atoms with van der Waals surface area (Å²) in [5.74, 6) is -0.237. The van der Waals surface area contributed by atoms with E-state index in [1.165, 1.54) is 44.9 Å². The fourth-order valence-electron chi connectivity index (χ4n) is 6.26. The van der Waals surface area contributed by atoms with E-state index in [4.69, 9.17) is 9.05 Å². The summed E-state index contributed by atoms with van der Waals surface area (Å²) in [4.78, 5) is 25.3. The number of amides is 1. The van der Waals surface area contributed by atoms with E-state index in [-0.39, 0.29) is 12.5 Å². The topological polar surface area (TPSA) is 108 Å². The lowest BCUT2D eigenvalue weighted by Gasteiger charge is -2.29. The molecule has 1 amide bonds. The quantitative estimate of drug-likeness (QED) is 0.0273. The number of allylic oxidation sites excluding steroid dienone is 19. The molecule has 8 nitrogen and oxygen atoms in total. The van der Waals surface area contributed by atoms with Crippen LogP contribution < -0.4 is 10.2 Å². The maximum atomic E-state index is 12.9. The third-order valence-electron chi connectivity index (χ3n) is 10.2. The minimum Gasteiger partial charge on any atom is -0.756 e. The van der Waals surface area contributed by atoms with Crippen molar-refractivity contribution in [3.8, 4) is 0 Å². The third-order valence-corrected chi connectivity index (χ3v) is 11.1. The molecule has 64 heavy (non-hydrogen) atoms. The average Bonchev–Trinajstić information content (AvgIpc) is 3.25. The van der Waals surface area contributed by atoms with Gasteiger partial charge in [0.1, 0.15) is 13.2 Å². The molecule has 0 aromatic rings. The zero-order chi connectivity index (χ0) is 47.1. The Balaban J connectivity index is 4.33. The molecule has 0 aliphatic heterocycles. The van der Waals surface area contributed by atoms with Crippen LogP contribution in [0.4, 0.5) is 0 Å². The van der Waals surface area contributed by atoms with Crippen molar-refractivity contribution in [2.75, 3.05) is 40.9 Å². The van der Waals surface area contributed by atoms with Gasteiger partial charge in [-0.3, -0.25) is 9.36 Å². The van der Waals surface area contributed by atoms with Gasteiger partial charge in [0.05, 0.1) is 39.9 Å². The molecule has 3 unspecified atom stereocenters. The molecule has 0 heterocycles. The van der Waals surface area contributed by atoms with Gasteiger partial charge in [0.2, 0.25) is 5.91 Å². The number of quaternary nitrogens is 1. The maximum absolute atomic E-state index is 12.9. The van der Waals surface area contributed by atoms with E-state index < -0.39 is 26.6 Å². The lowest BCUT2D eigenvalue weighted by Crippen LogP contribution is -2.45. The highest BCUT2D eigenvalue weighted by molar-refractivity contribution is 7.45. The first-order valence-electron chi connectivity index (χ1n) is 24.9. The maximum Gasteiger partial charge on any atom is 0.268 e. The van der Waals surface area contributed by atoms with Crippen LogP contribution in [0.3, 0.4) is 0 Å². The summed E-state index contributed by atoms with van der Waals surface area (Å²) >= 11 is 0. The minimum absolute atomic E-state index is 0.0151. The summed E-state index contributed by atoms with van der Waals surface area (Å²) in [6.07, 6.45) is 66.9. The molecule has 364 valence electrons. The largest absolute Gasteiger partial charge is 0.756 e. The number of hydrogen-bond donors (Lipinski definition) is 2. The fourth-order valence-corrected chi connectivity index (χ4v) is 6.98. The van der Waals surface area contributed by atoms with E-state index in [0.29, 0.717) is 23.9 Å². The number of carbonyl (C=O) groups excluding carboxylic acids is 1. The number of nitrogens with zero attached hydrogens (tertiary/aromatic N) is 1. The molecule has 0 saturated carbocycles. The Bertz CT molecular complexity index is 1450. The lowest BCUT2D eigenvalue weighted by molar-refractivity contribution is -0.870. The van der Waals surface area contributed by atoms with E-state index in [1.807, 2.05) is 27.2 Å². The smallest absolute Gasteiger partial charge is 0.268 e. The Hall–Kier alpha value is -3.10. The number of rotatable bonds is 43.